The van der Waals surface area contributed by atoms with E-state index in [-0.39, 0.29) is 11.3 Å². The second kappa shape index (κ2) is 7.81. The Balaban J connectivity index is 1.68. The normalized spacial score (nSPS) is 19.3. The molecule has 0 bridgehead atoms. The third-order valence-corrected chi connectivity index (χ3v) is 5.36. The summed E-state index contributed by atoms with van der Waals surface area (Å²) in [5, 5.41) is 11.2. The number of fused-ring (bicyclic) bond motifs is 1. The van der Waals surface area contributed by atoms with Gasteiger partial charge in [-0.2, -0.15) is 0 Å². The van der Waals surface area contributed by atoms with Gasteiger partial charge in [-0.25, -0.2) is 4.39 Å². The van der Waals surface area contributed by atoms with Crippen LogP contribution in [0.2, 0.25) is 0 Å². The molecule has 0 spiro atoms. The van der Waals surface area contributed by atoms with Crippen LogP contribution in [0.3, 0.4) is 0 Å². The number of anilines is 1. The van der Waals surface area contributed by atoms with E-state index >= 15 is 0 Å². The van der Waals surface area contributed by atoms with Crippen molar-refractivity contribution in [3.63, 3.8) is 0 Å². The molecule has 3 aromatic rings. The Bertz CT molecular complexity index is 1240. The van der Waals surface area contributed by atoms with Crippen LogP contribution in [0.25, 0.3) is 5.76 Å². The fourth-order valence-corrected chi connectivity index (χ4v) is 3.90. The number of halogens is 1. The number of benzene rings is 2. The van der Waals surface area contributed by atoms with Gasteiger partial charge in [0.2, 0.25) is 0 Å². The number of ether oxygens (including phenoxy) is 2. The van der Waals surface area contributed by atoms with Gasteiger partial charge in [-0.15, -0.1) is 0 Å². The van der Waals surface area contributed by atoms with Crippen LogP contribution in [-0.4, -0.2) is 35.0 Å². The minimum atomic E-state index is -0.942. The Labute approximate surface area is 182 Å². The first-order valence-electron chi connectivity index (χ1n) is 9.91. The smallest absolute Gasteiger partial charge is 0.300 e. The zero-order valence-corrected chi connectivity index (χ0v) is 16.7. The van der Waals surface area contributed by atoms with E-state index in [1.807, 2.05) is 0 Å². The van der Waals surface area contributed by atoms with Crippen molar-refractivity contribution in [2.45, 2.75) is 6.04 Å². The van der Waals surface area contributed by atoms with Crippen molar-refractivity contribution in [1.82, 2.24) is 4.98 Å². The number of ketones is 1. The largest absolute Gasteiger partial charge is 0.507 e. The van der Waals surface area contributed by atoms with Crippen LogP contribution < -0.4 is 14.4 Å². The van der Waals surface area contributed by atoms with Crippen LogP contribution in [-0.2, 0) is 9.59 Å². The zero-order chi connectivity index (χ0) is 22.2. The highest BCUT2D eigenvalue weighted by molar-refractivity contribution is 6.51. The molecule has 1 saturated heterocycles. The molecule has 8 heteroatoms. The molecule has 2 aliphatic rings. The molecule has 1 atom stereocenters. The number of amides is 1. The molecule has 1 unspecified atom stereocenters. The lowest BCUT2D eigenvalue weighted by atomic mass is 9.96. The van der Waals surface area contributed by atoms with E-state index in [1.54, 1.807) is 36.5 Å². The molecule has 1 fully saturated rings. The molecule has 32 heavy (non-hydrogen) atoms. The Morgan fingerprint density at radius 3 is 2.50 bits per heavy atom. The van der Waals surface area contributed by atoms with Gasteiger partial charge < -0.3 is 14.6 Å². The minimum Gasteiger partial charge on any atom is -0.507 e. The molecular weight excluding hydrogens is 415 g/mol. The summed E-state index contributed by atoms with van der Waals surface area (Å²) in [6, 6.07) is 12.5. The Morgan fingerprint density at radius 2 is 1.78 bits per heavy atom. The summed E-state index contributed by atoms with van der Waals surface area (Å²) < 4.78 is 24.6. The maximum absolute atomic E-state index is 13.5. The number of hydrogen-bond donors (Lipinski definition) is 1. The highest BCUT2D eigenvalue weighted by Gasteiger charge is 2.47. The number of hydrogen-bond acceptors (Lipinski definition) is 6. The van der Waals surface area contributed by atoms with E-state index in [4.69, 9.17) is 9.47 Å². The van der Waals surface area contributed by atoms with Crippen molar-refractivity contribution >= 4 is 23.1 Å². The van der Waals surface area contributed by atoms with Gasteiger partial charge in [0.1, 0.15) is 24.8 Å². The summed E-state index contributed by atoms with van der Waals surface area (Å²) in [5.74, 6) is -1.53. The zero-order valence-electron chi connectivity index (χ0n) is 16.7. The second-order valence-electron chi connectivity index (χ2n) is 7.29. The van der Waals surface area contributed by atoms with Gasteiger partial charge in [0, 0.05) is 23.6 Å². The molecule has 0 saturated carbocycles. The molecule has 5 rings (SSSR count). The van der Waals surface area contributed by atoms with E-state index in [2.05, 4.69) is 4.98 Å². The number of pyridine rings is 1. The van der Waals surface area contributed by atoms with E-state index in [9.17, 15) is 19.1 Å². The topological polar surface area (TPSA) is 89.0 Å². The van der Waals surface area contributed by atoms with Crippen molar-refractivity contribution in [3.05, 3.63) is 89.5 Å². The molecule has 1 aromatic heterocycles. The number of carbonyl (C=O) groups is 2. The monoisotopic (exact) mass is 432 g/mol. The SMILES string of the molecule is O=C1C(=O)N(c2ccc(F)cc2)C(c2cccnc2)/C1=C(/O)c1ccc2c(c1)OCCO2. The van der Waals surface area contributed by atoms with Gasteiger partial charge in [0.25, 0.3) is 11.7 Å². The molecule has 0 aliphatic carbocycles. The molecule has 3 heterocycles. The maximum Gasteiger partial charge on any atom is 0.300 e. The van der Waals surface area contributed by atoms with Crippen molar-refractivity contribution in [2.75, 3.05) is 18.1 Å². The molecule has 2 aliphatic heterocycles. The molecule has 1 amide bonds. The van der Waals surface area contributed by atoms with Crippen molar-refractivity contribution < 1.29 is 28.6 Å². The second-order valence-corrected chi connectivity index (χ2v) is 7.29. The van der Waals surface area contributed by atoms with Crippen molar-refractivity contribution in [3.8, 4) is 11.5 Å². The number of nitrogens with zero attached hydrogens (tertiary/aromatic N) is 2. The number of aromatic nitrogens is 1. The van der Waals surface area contributed by atoms with Gasteiger partial charge in [0.15, 0.2) is 11.5 Å². The Morgan fingerprint density at radius 1 is 1.03 bits per heavy atom. The van der Waals surface area contributed by atoms with Crippen LogP contribution >= 0.6 is 0 Å². The summed E-state index contributed by atoms with van der Waals surface area (Å²) in [7, 11) is 0. The van der Waals surface area contributed by atoms with Crippen molar-refractivity contribution in [1.29, 1.82) is 0 Å². The average Bonchev–Trinajstić information content (AvgIpc) is 3.10. The summed E-state index contributed by atoms with van der Waals surface area (Å²) in [5.41, 5.74) is 1.06. The maximum atomic E-state index is 13.5. The lowest BCUT2D eigenvalue weighted by Crippen LogP contribution is -2.29. The minimum absolute atomic E-state index is 0.0935. The first-order valence-corrected chi connectivity index (χ1v) is 9.91. The summed E-state index contributed by atoms with van der Waals surface area (Å²) in [6.07, 6.45) is 3.08. The van der Waals surface area contributed by atoms with Crippen LogP contribution in [0.1, 0.15) is 17.2 Å². The van der Waals surface area contributed by atoms with Crippen molar-refractivity contribution in [2.24, 2.45) is 0 Å². The molecule has 0 radical (unpaired) electrons. The van der Waals surface area contributed by atoms with Gasteiger partial charge in [0.05, 0.1) is 11.6 Å². The third-order valence-electron chi connectivity index (χ3n) is 5.36. The third kappa shape index (κ3) is 3.26. The van der Waals surface area contributed by atoms with Crippen LogP contribution in [0.15, 0.2) is 72.6 Å². The molecule has 2 aromatic carbocycles. The fourth-order valence-electron chi connectivity index (χ4n) is 3.90. The van der Waals surface area contributed by atoms with E-state index in [0.29, 0.717) is 41.5 Å². The molecular formula is C24H17FN2O5. The lowest BCUT2D eigenvalue weighted by Gasteiger charge is -2.25. The van der Waals surface area contributed by atoms with Crippen LogP contribution in [0.4, 0.5) is 10.1 Å². The van der Waals surface area contributed by atoms with E-state index in [1.165, 1.54) is 35.4 Å². The first kappa shape index (κ1) is 19.7. The first-order chi connectivity index (χ1) is 15.5. The number of aliphatic hydroxyl groups is 1. The molecule has 160 valence electrons. The predicted molar refractivity (Wildman–Crippen MR) is 113 cm³/mol. The van der Waals surface area contributed by atoms with E-state index in [0.717, 1.165) is 0 Å². The Kier molecular flexibility index (Phi) is 4.82. The van der Waals surface area contributed by atoms with Gasteiger partial charge in [-0.3, -0.25) is 19.5 Å². The fraction of sp³-hybridized carbons (Fsp3) is 0.125. The quantitative estimate of drug-likeness (QED) is 0.386. The number of Topliss-reactive ketones (excluding diaryl/α,β-unsaturated/α-hetero) is 1. The standard InChI is InChI=1S/C24H17FN2O5/c25-16-4-6-17(7-5-16)27-21(15-2-1-9-26-13-15)20(23(29)24(27)30)22(28)14-3-8-18-19(12-14)32-11-10-31-18/h1-9,12-13,21,28H,10-11H2/b22-20-. The summed E-state index contributed by atoms with van der Waals surface area (Å²) >= 11 is 0. The highest BCUT2D eigenvalue weighted by atomic mass is 19.1. The highest BCUT2D eigenvalue weighted by Crippen LogP contribution is 2.43. The van der Waals surface area contributed by atoms with Crippen LogP contribution in [0, 0.1) is 5.82 Å². The van der Waals surface area contributed by atoms with Gasteiger partial charge >= 0.3 is 0 Å². The van der Waals surface area contributed by atoms with Crippen LogP contribution in [0.5, 0.6) is 11.5 Å². The number of carbonyl (C=O) groups excluding carboxylic acids is 2. The average molecular weight is 432 g/mol. The summed E-state index contributed by atoms with van der Waals surface area (Å²) in [6.45, 7) is 0.782. The number of aliphatic hydroxyl groups excluding tert-OH is 1. The Hall–Kier alpha value is -4.20. The molecule has 1 N–H and O–H groups in total. The van der Waals surface area contributed by atoms with Gasteiger partial charge in [-0.05, 0) is 54.1 Å². The molecule has 7 nitrogen and oxygen atoms in total. The lowest BCUT2D eigenvalue weighted by molar-refractivity contribution is -0.132. The predicted octanol–water partition coefficient (Wildman–Crippen LogP) is 3.62. The summed E-state index contributed by atoms with van der Waals surface area (Å²) in [4.78, 5) is 31.4. The number of rotatable bonds is 3. The van der Waals surface area contributed by atoms with E-state index < -0.39 is 23.5 Å². The van der Waals surface area contributed by atoms with Gasteiger partial charge in [-0.1, -0.05) is 6.07 Å².